The number of hydrogen-bond donors (Lipinski definition) is 0. The maximum atomic E-state index is 8.07. The highest BCUT2D eigenvalue weighted by atomic mass is 28.4. The second kappa shape index (κ2) is 36.5. The summed E-state index contributed by atoms with van der Waals surface area (Å²) >= 11 is 0. The van der Waals surface area contributed by atoms with Crippen LogP contribution in [0, 0.1) is 128 Å². The van der Waals surface area contributed by atoms with Gasteiger partial charge < -0.3 is 44.3 Å². The minimum Gasteiger partial charge on any atom is -0.542 e. The van der Waals surface area contributed by atoms with Crippen LogP contribution < -0.4 is 44.3 Å². The first-order valence-corrected chi connectivity index (χ1v) is 76.9. The Bertz CT molecular complexity index is 4450. The Labute approximate surface area is 807 Å². The summed E-state index contributed by atoms with van der Waals surface area (Å²) in [6, 6.07) is 0. The minimum absolute atomic E-state index is 0.271. The van der Waals surface area contributed by atoms with Crippen LogP contribution in [0.3, 0.4) is 0 Å². The van der Waals surface area contributed by atoms with Crippen LogP contribution in [0.25, 0.3) is 0 Å². The molecule has 0 saturated heterocycles. The fourth-order valence-corrected chi connectivity index (χ4v) is 22.6. The summed E-state index contributed by atoms with van der Waals surface area (Å²) in [7, 11) is -28.4. The first-order valence-electron chi connectivity index (χ1n) is 47.8. The van der Waals surface area contributed by atoms with Crippen molar-refractivity contribution in [3.8, 4) is 117 Å². The molecule has 0 atom stereocenters. The predicted molar refractivity (Wildman–Crippen MR) is 588 cm³/mol. The lowest BCUT2D eigenvalue weighted by atomic mass is 9.92. The topological polar surface area (TPSA) is 92.3 Å². The van der Waals surface area contributed by atoms with Gasteiger partial charge in [-0.1, -0.05) is 267 Å². The van der Waals surface area contributed by atoms with Crippen molar-refractivity contribution in [1.82, 2.24) is 0 Å². The molecule has 5 aromatic rings. The molecule has 5 aromatic carbocycles. The molecule has 0 bridgehead atoms. The summed E-state index contributed by atoms with van der Waals surface area (Å²) in [5.41, 5.74) is 15.0. The molecule has 10 nitrogen and oxygen atoms in total. The number of benzene rings is 5. The Balaban J connectivity index is 2.52. The number of rotatable bonds is 20. The summed E-state index contributed by atoms with van der Waals surface area (Å²) in [5, 5.41) is -2.71. The van der Waals surface area contributed by atoms with Crippen molar-refractivity contribution < 1.29 is 44.3 Å². The van der Waals surface area contributed by atoms with E-state index in [1.54, 1.807) is 0 Å². The van der Waals surface area contributed by atoms with Crippen LogP contribution in [-0.4, -0.2) is 83.2 Å². The van der Waals surface area contributed by atoms with E-state index in [4.69, 9.17) is 44.3 Å². The number of fused-ring (bicyclic) bond motifs is 5. The van der Waals surface area contributed by atoms with Crippen LogP contribution in [0.1, 0.15) is 319 Å². The zero-order valence-electron chi connectivity index (χ0n) is 94.1. The number of hydrogen-bond acceptors (Lipinski definition) is 10. The molecule has 6 rings (SSSR count). The van der Waals surface area contributed by atoms with Gasteiger partial charge in [-0.15, -0.1) is 0 Å². The fourth-order valence-electron chi connectivity index (χ4n) is 11.9. The van der Waals surface area contributed by atoms with Crippen LogP contribution in [0.15, 0.2) is 0 Å². The van der Waals surface area contributed by atoms with Crippen molar-refractivity contribution in [2.45, 2.75) is 458 Å². The molecular formula is C110H180O10Si10. The van der Waals surface area contributed by atoms with Gasteiger partial charge in [0.2, 0.25) is 0 Å². The van der Waals surface area contributed by atoms with E-state index in [1.807, 2.05) is 0 Å². The second-order valence-electron chi connectivity index (χ2n) is 53.2. The Kier molecular flexibility index (Phi) is 31.7. The van der Waals surface area contributed by atoms with Gasteiger partial charge in [0.1, 0.15) is 57.5 Å². The molecule has 0 spiro atoms. The van der Waals surface area contributed by atoms with Crippen LogP contribution >= 0.6 is 0 Å². The molecule has 1 aliphatic carbocycles. The molecular weight excluding hydrogens is 1760 g/mol. The van der Waals surface area contributed by atoms with Gasteiger partial charge in [-0.05, 0) is 306 Å². The Morgan fingerprint density at radius 2 is 0.177 bits per heavy atom. The smallest absolute Gasteiger partial charge is 0.250 e. The van der Waals surface area contributed by atoms with Gasteiger partial charge in [-0.25, -0.2) is 0 Å². The van der Waals surface area contributed by atoms with Crippen molar-refractivity contribution in [1.29, 1.82) is 0 Å². The van der Waals surface area contributed by atoms with E-state index in [0.29, 0.717) is 113 Å². The van der Waals surface area contributed by atoms with E-state index >= 15 is 0 Å². The van der Waals surface area contributed by atoms with E-state index in [1.165, 1.54) is 0 Å². The van der Waals surface area contributed by atoms with Crippen LogP contribution in [0.4, 0.5) is 0 Å². The molecule has 0 aromatic heterocycles. The van der Waals surface area contributed by atoms with E-state index < -0.39 is 83.2 Å². The van der Waals surface area contributed by atoms with E-state index in [-0.39, 0.29) is 50.4 Å². The summed E-state index contributed by atoms with van der Waals surface area (Å²) in [6.07, 6.45) is 0. The van der Waals surface area contributed by atoms with E-state index in [9.17, 15) is 0 Å². The molecule has 0 unspecified atom stereocenters. The van der Waals surface area contributed by atoms with Crippen molar-refractivity contribution in [2.75, 3.05) is 0 Å². The first-order chi connectivity index (χ1) is 57.5. The monoisotopic (exact) mass is 1940 g/mol. The highest BCUT2D eigenvalue weighted by Gasteiger charge is 2.51. The third-order valence-corrected chi connectivity index (χ3v) is 76.2. The average molecular weight is 1940 g/mol. The zero-order chi connectivity index (χ0) is 101. The van der Waals surface area contributed by atoms with Crippen LogP contribution in [0.2, 0.25) is 181 Å². The normalized spacial score (nSPS) is 14.2. The van der Waals surface area contributed by atoms with E-state index in [2.05, 4.69) is 467 Å². The molecule has 130 heavy (non-hydrogen) atoms. The lowest BCUT2D eigenvalue weighted by Gasteiger charge is -2.40. The predicted octanol–water partition coefficient (Wildman–Crippen LogP) is 33.9. The summed E-state index contributed by atoms with van der Waals surface area (Å²) in [4.78, 5) is 0. The molecule has 1 aliphatic rings. The quantitative estimate of drug-likeness (QED) is 0.0544. The molecule has 0 saturated carbocycles. The van der Waals surface area contributed by atoms with Gasteiger partial charge in [0.15, 0.2) is 0 Å². The highest BCUT2D eigenvalue weighted by Crippen LogP contribution is 2.56. The second-order valence-corrected chi connectivity index (χ2v) is 100. The minimum atomic E-state index is -2.84. The lowest BCUT2D eigenvalue weighted by molar-refractivity contribution is 0.474. The SMILES string of the molecule is Cc1c(C)c(O[Si](C)(C)C(C)(C)C)c2c(c1O[Si](C)(C)C(C)(C)C)C#Cc1c(c(O[Si](C)(C)C(C)(C)C)c(C)c(C)c1O[Si](C)(C)C(C)(C)C)C#Cc1c(c(O[Si](C)(C)C(C)(C)C)c(C)c(C)c1O[Si](C)(C)C(C)(C)C)C#Cc1c(c(O[Si](C)(C)C(C)(C)C)c(C)c(C)c1O[Si](C)(C)C(C)(C)C)C#Cc1c(c(O[Si](C)(C)C(C)(C)C)c(C)c(C)c1O[Si](C)(C)C(C)(C)C)C#C2. The van der Waals surface area contributed by atoms with E-state index in [0.717, 1.165) is 55.6 Å². The molecule has 0 radical (unpaired) electrons. The van der Waals surface area contributed by atoms with Gasteiger partial charge >= 0.3 is 0 Å². The lowest BCUT2D eigenvalue weighted by Crippen LogP contribution is -2.45. The molecule has 0 heterocycles. The zero-order valence-corrected chi connectivity index (χ0v) is 104. The Hall–Kier alpha value is -5.93. The van der Waals surface area contributed by atoms with Gasteiger partial charge in [-0.2, -0.15) is 0 Å². The molecule has 0 amide bonds. The summed E-state index contributed by atoms with van der Waals surface area (Å²) < 4.78 is 80.7. The third-order valence-electron chi connectivity index (χ3n) is 32.9. The summed E-state index contributed by atoms with van der Waals surface area (Å²) in [6.45, 7) is 137. The largest absolute Gasteiger partial charge is 0.542 e. The van der Waals surface area contributed by atoms with Crippen molar-refractivity contribution >= 4 is 83.2 Å². The molecule has 20 heteroatoms. The van der Waals surface area contributed by atoms with Gasteiger partial charge in [-0.3, -0.25) is 0 Å². The molecule has 0 N–H and O–H groups in total. The maximum absolute atomic E-state index is 8.07. The summed E-state index contributed by atoms with van der Waals surface area (Å²) in [5.74, 6) is 47.6. The average Bonchev–Trinajstić information content (AvgIpc) is 0.728. The van der Waals surface area contributed by atoms with Crippen molar-refractivity contribution in [2.24, 2.45) is 0 Å². The standard InChI is InChI=1S/C110H180O10Si10/c1-71-72(2)92(112-122(43,44)102(14,15)16)82-63-64-84-86(96(116-126(51,52)106(26,27)28)76(6)75(5)94(84)114-124(47,48)104(20,21)22)67-68-88-90(100(120-130(59,60)110(38,39)40)80(10)79(9)98(88)118-128(55,56)108(32,33)34)70-69-89-87(97(117-127(53,54)107(29,30)31)77(7)78(8)99(89)119-129(57,58)109(35,36)37)66-65-85-83(62-61-81(82)91(71)111-121(41,42)101(11,12)13)93(113-123(45,46)103(17,18)19)73(3)74(4)95(85)115-125(49,50)105(23,24)25/h1-60H3. The molecule has 720 valence electrons. The molecule has 0 aliphatic heterocycles. The van der Waals surface area contributed by atoms with Crippen LogP contribution in [-0.2, 0) is 0 Å². The van der Waals surface area contributed by atoms with Crippen molar-refractivity contribution in [3.05, 3.63) is 111 Å². The van der Waals surface area contributed by atoms with Gasteiger partial charge in [0, 0.05) is 0 Å². The Morgan fingerprint density at radius 1 is 0.123 bits per heavy atom. The van der Waals surface area contributed by atoms with Crippen LogP contribution in [0.5, 0.6) is 57.5 Å². The van der Waals surface area contributed by atoms with Gasteiger partial charge in [0.05, 0.1) is 55.6 Å². The fraction of sp³-hybridized carbons (Fsp3) is 0.636. The maximum Gasteiger partial charge on any atom is 0.250 e. The van der Waals surface area contributed by atoms with Crippen molar-refractivity contribution in [3.63, 3.8) is 0 Å². The Morgan fingerprint density at radius 3 is 0.223 bits per heavy atom. The highest BCUT2D eigenvalue weighted by molar-refractivity contribution is 6.79. The molecule has 0 fully saturated rings. The van der Waals surface area contributed by atoms with Gasteiger partial charge in [0.25, 0.3) is 83.2 Å². The first kappa shape index (κ1) is 113. The third kappa shape index (κ3) is 23.0.